The number of hydrogen-bond acceptors (Lipinski definition) is 3. The molecule has 0 bridgehead atoms. The molecule has 0 aliphatic carbocycles. The highest BCUT2D eigenvalue weighted by molar-refractivity contribution is 6.01. The molecule has 0 fully saturated rings. The number of aliphatic carboxylic acids is 1. The fourth-order valence-corrected chi connectivity index (χ4v) is 2.69. The monoisotopic (exact) mass is 353 g/mol. The zero-order chi connectivity index (χ0) is 19.3. The van der Waals surface area contributed by atoms with E-state index >= 15 is 0 Å². The molecule has 0 radical (unpaired) electrons. The number of amides is 1. The van der Waals surface area contributed by atoms with E-state index in [1.54, 1.807) is 61.5 Å². The SMILES string of the molecule is CC(C)C(=O)c1ccc(C(C)C(=O)N(CC(=O)O)c2ccccc2)cc1. The molecular weight excluding hydrogens is 330 g/mol. The van der Waals surface area contributed by atoms with Crippen molar-refractivity contribution in [3.63, 3.8) is 0 Å². The summed E-state index contributed by atoms with van der Waals surface area (Å²) in [7, 11) is 0. The zero-order valence-corrected chi connectivity index (χ0v) is 15.2. The van der Waals surface area contributed by atoms with Crippen molar-refractivity contribution in [2.75, 3.05) is 11.4 Å². The van der Waals surface area contributed by atoms with Crippen molar-refractivity contribution < 1.29 is 19.5 Å². The molecule has 0 heterocycles. The number of anilines is 1. The van der Waals surface area contributed by atoms with E-state index in [-0.39, 0.29) is 17.6 Å². The lowest BCUT2D eigenvalue weighted by Gasteiger charge is -2.24. The third kappa shape index (κ3) is 4.57. The molecule has 1 unspecified atom stereocenters. The summed E-state index contributed by atoms with van der Waals surface area (Å²) >= 11 is 0. The Labute approximate surface area is 153 Å². The number of benzene rings is 2. The molecule has 2 aromatic rings. The zero-order valence-electron chi connectivity index (χ0n) is 15.2. The summed E-state index contributed by atoms with van der Waals surface area (Å²) in [6, 6.07) is 15.7. The van der Waals surface area contributed by atoms with Crippen LogP contribution in [0.25, 0.3) is 0 Å². The average molecular weight is 353 g/mol. The van der Waals surface area contributed by atoms with Gasteiger partial charge in [-0.2, -0.15) is 0 Å². The molecule has 0 spiro atoms. The Morgan fingerprint density at radius 3 is 2.00 bits per heavy atom. The molecule has 5 heteroatoms. The minimum absolute atomic E-state index is 0.0484. The second-order valence-corrected chi connectivity index (χ2v) is 6.52. The first-order valence-corrected chi connectivity index (χ1v) is 8.53. The lowest BCUT2D eigenvalue weighted by molar-refractivity contribution is -0.136. The van der Waals surface area contributed by atoms with E-state index in [9.17, 15) is 14.4 Å². The number of Topliss-reactive ketones (excluding diaryl/α,β-unsaturated/α-hetero) is 1. The van der Waals surface area contributed by atoms with Gasteiger partial charge < -0.3 is 10.0 Å². The quantitative estimate of drug-likeness (QED) is 0.769. The summed E-state index contributed by atoms with van der Waals surface area (Å²) in [5.74, 6) is -1.96. The van der Waals surface area contributed by atoms with Crippen LogP contribution in [0.15, 0.2) is 54.6 Å². The predicted molar refractivity (Wildman–Crippen MR) is 100 cm³/mol. The molecule has 1 N–H and O–H groups in total. The molecule has 0 saturated heterocycles. The molecule has 1 amide bonds. The molecular formula is C21H23NO4. The Morgan fingerprint density at radius 2 is 1.50 bits per heavy atom. The van der Waals surface area contributed by atoms with Crippen molar-refractivity contribution in [1.29, 1.82) is 0 Å². The Bertz CT molecular complexity index is 781. The van der Waals surface area contributed by atoms with E-state index in [0.29, 0.717) is 11.3 Å². The Balaban J connectivity index is 2.25. The number of ketones is 1. The van der Waals surface area contributed by atoms with Gasteiger partial charge in [-0.1, -0.05) is 56.3 Å². The van der Waals surface area contributed by atoms with Crippen molar-refractivity contribution in [3.8, 4) is 0 Å². The minimum Gasteiger partial charge on any atom is -0.480 e. The van der Waals surface area contributed by atoms with Crippen LogP contribution in [0.2, 0.25) is 0 Å². The van der Waals surface area contributed by atoms with Gasteiger partial charge >= 0.3 is 5.97 Å². The van der Waals surface area contributed by atoms with Gasteiger partial charge in [-0.05, 0) is 24.6 Å². The summed E-state index contributed by atoms with van der Waals surface area (Å²) in [5.41, 5.74) is 1.88. The predicted octanol–water partition coefficient (Wildman–Crippen LogP) is 3.75. The first kappa shape index (κ1) is 19.4. The molecule has 136 valence electrons. The molecule has 0 aliphatic rings. The molecule has 0 aromatic heterocycles. The normalized spacial score (nSPS) is 11.8. The van der Waals surface area contributed by atoms with Gasteiger partial charge in [0, 0.05) is 17.2 Å². The van der Waals surface area contributed by atoms with Crippen LogP contribution in [-0.4, -0.2) is 29.3 Å². The Hall–Kier alpha value is -2.95. The van der Waals surface area contributed by atoms with Gasteiger partial charge in [-0.25, -0.2) is 0 Å². The number of nitrogens with zero attached hydrogens (tertiary/aromatic N) is 1. The van der Waals surface area contributed by atoms with Crippen LogP contribution in [0.5, 0.6) is 0 Å². The van der Waals surface area contributed by atoms with E-state index in [1.807, 2.05) is 13.8 Å². The van der Waals surface area contributed by atoms with E-state index in [2.05, 4.69) is 0 Å². The van der Waals surface area contributed by atoms with Crippen LogP contribution in [-0.2, 0) is 9.59 Å². The molecule has 5 nitrogen and oxygen atoms in total. The molecule has 1 atom stereocenters. The molecule has 0 aliphatic heterocycles. The number of para-hydroxylation sites is 1. The Morgan fingerprint density at radius 1 is 0.923 bits per heavy atom. The molecule has 2 aromatic carbocycles. The van der Waals surface area contributed by atoms with Crippen molar-refractivity contribution >= 4 is 23.3 Å². The topological polar surface area (TPSA) is 74.7 Å². The Kier molecular flexibility index (Phi) is 6.28. The number of hydrogen-bond donors (Lipinski definition) is 1. The van der Waals surface area contributed by atoms with Crippen LogP contribution in [0.3, 0.4) is 0 Å². The number of rotatable bonds is 7. The van der Waals surface area contributed by atoms with Crippen molar-refractivity contribution in [3.05, 3.63) is 65.7 Å². The fourth-order valence-electron chi connectivity index (χ4n) is 2.69. The highest BCUT2D eigenvalue weighted by Crippen LogP contribution is 2.23. The second kappa shape index (κ2) is 8.43. The highest BCUT2D eigenvalue weighted by atomic mass is 16.4. The maximum Gasteiger partial charge on any atom is 0.323 e. The fraction of sp³-hybridized carbons (Fsp3) is 0.286. The van der Waals surface area contributed by atoms with Crippen LogP contribution in [0.4, 0.5) is 5.69 Å². The van der Waals surface area contributed by atoms with Crippen LogP contribution >= 0.6 is 0 Å². The number of carboxylic acids is 1. The standard InChI is InChI=1S/C21H23NO4/c1-14(2)20(25)17-11-9-16(10-12-17)15(3)21(26)22(13-19(23)24)18-7-5-4-6-8-18/h4-12,14-15H,13H2,1-3H3,(H,23,24). The van der Waals surface area contributed by atoms with Gasteiger partial charge in [0.25, 0.3) is 0 Å². The van der Waals surface area contributed by atoms with Crippen LogP contribution in [0, 0.1) is 5.92 Å². The van der Waals surface area contributed by atoms with Gasteiger partial charge in [0.15, 0.2) is 5.78 Å². The number of carboxylic acid groups (broad SMARTS) is 1. The average Bonchev–Trinajstić information content (AvgIpc) is 2.65. The van der Waals surface area contributed by atoms with E-state index in [0.717, 1.165) is 5.56 Å². The van der Waals surface area contributed by atoms with Gasteiger partial charge in [-0.15, -0.1) is 0 Å². The minimum atomic E-state index is -1.08. The third-order valence-corrected chi connectivity index (χ3v) is 4.22. The first-order valence-electron chi connectivity index (χ1n) is 8.53. The lowest BCUT2D eigenvalue weighted by atomic mass is 9.95. The summed E-state index contributed by atoms with van der Waals surface area (Å²) in [4.78, 5) is 37.4. The summed E-state index contributed by atoms with van der Waals surface area (Å²) in [6.45, 7) is 5.01. The van der Waals surface area contributed by atoms with Crippen molar-refractivity contribution in [1.82, 2.24) is 0 Å². The van der Waals surface area contributed by atoms with E-state index in [1.165, 1.54) is 4.90 Å². The molecule has 2 rings (SSSR count). The van der Waals surface area contributed by atoms with Crippen molar-refractivity contribution in [2.45, 2.75) is 26.7 Å². The largest absolute Gasteiger partial charge is 0.480 e. The van der Waals surface area contributed by atoms with Crippen LogP contribution in [0.1, 0.15) is 42.6 Å². The maximum absolute atomic E-state index is 12.9. The van der Waals surface area contributed by atoms with Crippen LogP contribution < -0.4 is 4.90 Å². The van der Waals surface area contributed by atoms with Gasteiger partial charge in [0.1, 0.15) is 6.54 Å². The van der Waals surface area contributed by atoms with E-state index in [4.69, 9.17) is 5.11 Å². The second-order valence-electron chi connectivity index (χ2n) is 6.52. The van der Waals surface area contributed by atoms with Gasteiger partial charge in [0.2, 0.25) is 5.91 Å². The lowest BCUT2D eigenvalue weighted by Crippen LogP contribution is -2.38. The molecule has 0 saturated carbocycles. The van der Waals surface area contributed by atoms with Crippen molar-refractivity contribution in [2.24, 2.45) is 5.92 Å². The summed E-state index contributed by atoms with van der Waals surface area (Å²) < 4.78 is 0. The smallest absolute Gasteiger partial charge is 0.323 e. The number of carbonyl (C=O) groups is 3. The maximum atomic E-state index is 12.9. The third-order valence-electron chi connectivity index (χ3n) is 4.22. The van der Waals surface area contributed by atoms with E-state index < -0.39 is 18.4 Å². The van der Waals surface area contributed by atoms with Gasteiger partial charge in [0.05, 0.1) is 5.92 Å². The summed E-state index contributed by atoms with van der Waals surface area (Å²) in [6.07, 6.45) is 0. The summed E-state index contributed by atoms with van der Waals surface area (Å²) in [5, 5.41) is 9.16. The van der Waals surface area contributed by atoms with Gasteiger partial charge in [-0.3, -0.25) is 14.4 Å². The highest BCUT2D eigenvalue weighted by Gasteiger charge is 2.25. The first-order chi connectivity index (χ1) is 12.3. The number of carbonyl (C=O) groups excluding carboxylic acids is 2. The molecule has 26 heavy (non-hydrogen) atoms.